The SMILES string of the molecule is c1cc(-c2ccc3ccccc3n2)cc(-c2nc(-c3cccc4ccccc34)nc(-c3nccc4ccccc34)n2)c1. The zero-order valence-electron chi connectivity index (χ0n) is 22.5. The molecule has 3 heterocycles. The molecule has 0 radical (unpaired) electrons. The van der Waals surface area contributed by atoms with Crippen LogP contribution in [0.15, 0.2) is 140 Å². The van der Waals surface area contributed by atoms with Gasteiger partial charge in [-0.25, -0.2) is 19.9 Å². The highest BCUT2D eigenvalue weighted by molar-refractivity contribution is 5.96. The third-order valence-corrected chi connectivity index (χ3v) is 7.57. The van der Waals surface area contributed by atoms with Crippen LogP contribution in [0.2, 0.25) is 0 Å². The first-order valence-corrected chi connectivity index (χ1v) is 13.9. The van der Waals surface area contributed by atoms with Crippen LogP contribution in [0.1, 0.15) is 0 Å². The molecule has 0 aliphatic heterocycles. The minimum atomic E-state index is 0.536. The van der Waals surface area contributed by atoms with Gasteiger partial charge in [0.2, 0.25) is 0 Å². The molecule has 0 N–H and O–H groups in total. The van der Waals surface area contributed by atoms with Crippen LogP contribution in [-0.2, 0) is 0 Å². The second-order valence-electron chi connectivity index (χ2n) is 10.2. The average Bonchev–Trinajstić information content (AvgIpc) is 3.07. The molecule has 3 aromatic heterocycles. The summed E-state index contributed by atoms with van der Waals surface area (Å²) in [6, 6.07) is 45.2. The monoisotopic (exact) mass is 537 g/mol. The maximum absolute atomic E-state index is 5.04. The number of hydrogen-bond acceptors (Lipinski definition) is 5. The molecular weight excluding hydrogens is 514 g/mol. The van der Waals surface area contributed by atoms with E-state index in [1.807, 2.05) is 72.9 Å². The lowest BCUT2D eigenvalue weighted by Gasteiger charge is -2.11. The zero-order valence-corrected chi connectivity index (χ0v) is 22.5. The van der Waals surface area contributed by atoms with Gasteiger partial charge in [-0.3, -0.25) is 4.98 Å². The molecule has 0 saturated heterocycles. The van der Waals surface area contributed by atoms with Crippen molar-refractivity contribution in [3.8, 4) is 45.6 Å². The molecule has 42 heavy (non-hydrogen) atoms. The third kappa shape index (κ3) is 4.25. The quantitative estimate of drug-likeness (QED) is 0.224. The predicted octanol–water partition coefficient (Wildman–Crippen LogP) is 8.79. The lowest BCUT2D eigenvalue weighted by Crippen LogP contribution is -2.02. The molecule has 5 nitrogen and oxygen atoms in total. The summed E-state index contributed by atoms with van der Waals surface area (Å²) in [4.78, 5) is 24.7. The molecule has 0 saturated carbocycles. The van der Waals surface area contributed by atoms with Gasteiger partial charge in [-0.1, -0.05) is 109 Å². The Morgan fingerprint density at radius 1 is 0.405 bits per heavy atom. The van der Waals surface area contributed by atoms with Gasteiger partial charge in [0.15, 0.2) is 17.5 Å². The van der Waals surface area contributed by atoms with Crippen molar-refractivity contribution in [1.82, 2.24) is 24.9 Å². The average molecular weight is 538 g/mol. The first kappa shape index (κ1) is 24.0. The highest BCUT2D eigenvalue weighted by atomic mass is 15.0. The molecule has 0 amide bonds. The van der Waals surface area contributed by atoms with Crippen LogP contribution < -0.4 is 0 Å². The number of aromatic nitrogens is 5. The Kier molecular flexibility index (Phi) is 5.71. The molecule has 0 unspecified atom stereocenters. The van der Waals surface area contributed by atoms with E-state index in [1.165, 1.54) is 0 Å². The van der Waals surface area contributed by atoms with E-state index in [9.17, 15) is 0 Å². The summed E-state index contributed by atoms with van der Waals surface area (Å²) >= 11 is 0. The van der Waals surface area contributed by atoms with Crippen molar-refractivity contribution in [1.29, 1.82) is 0 Å². The molecule has 0 aliphatic carbocycles. The van der Waals surface area contributed by atoms with Crippen molar-refractivity contribution in [3.63, 3.8) is 0 Å². The van der Waals surface area contributed by atoms with Gasteiger partial charge in [0.05, 0.1) is 11.2 Å². The number of pyridine rings is 2. The molecule has 0 aliphatic rings. The summed E-state index contributed by atoms with van der Waals surface area (Å²) in [6.07, 6.45) is 1.81. The minimum Gasteiger partial charge on any atom is -0.252 e. The Morgan fingerprint density at radius 2 is 1.07 bits per heavy atom. The van der Waals surface area contributed by atoms with Gasteiger partial charge >= 0.3 is 0 Å². The van der Waals surface area contributed by atoms with Crippen molar-refractivity contribution >= 4 is 32.4 Å². The van der Waals surface area contributed by atoms with Gasteiger partial charge in [-0.05, 0) is 40.4 Å². The predicted molar refractivity (Wildman–Crippen MR) is 170 cm³/mol. The first-order chi connectivity index (χ1) is 20.8. The van der Waals surface area contributed by atoms with Crippen LogP contribution in [0.3, 0.4) is 0 Å². The lowest BCUT2D eigenvalue weighted by molar-refractivity contribution is 1.06. The number of para-hydroxylation sites is 1. The maximum atomic E-state index is 5.04. The van der Waals surface area contributed by atoms with Crippen molar-refractivity contribution < 1.29 is 0 Å². The summed E-state index contributed by atoms with van der Waals surface area (Å²) in [5.74, 6) is 1.73. The Hall–Kier alpha value is -5.81. The Balaban J connectivity index is 1.34. The van der Waals surface area contributed by atoms with Crippen LogP contribution in [0.5, 0.6) is 0 Å². The maximum Gasteiger partial charge on any atom is 0.183 e. The largest absolute Gasteiger partial charge is 0.252 e. The lowest BCUT2D eigenvalue weighted by atomic mass is 10.0. The number of hydrogen-bond donors (Lipinski definition) is 0. The van der Waals surface area contributed by atoms with E-state index in [0.29, 0.717) is 17.5 Å². The summed E-state index contributed by atoms with van der Waals surface area (Å²) in [7, 11) is 0. The van der Waals surface area contributed by atoms with E-state index in [4.69, 9.17) is 24.9 Å². The van der Waals surface area contributed by atoms with Crippen LogP contribution in [0.4, 0.5) is 0 Å². The third-order valence-electron chi connectivity index (χ3n) is 7.57. The molecule has 0 fully saturated rings. The second kappa shape index (κ2) is 9.98. The minimum absolute atomic E-state index is 0.536. The Morgan fingerprint density at radius 3 is 1.98 bits per heavy atom. The Labute approximate surface area is 242 Å². The van der Waals surface area contributed by atoms with Gasteiger partial charge in [0.25, 0.3) is 0 Å². The summed E-state index contributed by atoms with van der Waals surface area (Å²) < 4.78 is 0. The molecule has 8 aromatic rings. The molecule has 0 bridgehead atoms. The number of nitrogens with zero attached hydrogens (tertiary/aromatic N) is 5. The molecule has 196 valence electrons. The fourth-order valence-corrected chi connectivity index (χ4v) is 5.49. The standard InChI is InChI=1S/C37H23N5/c1-4-15-29-24(9-1)12-8-17-31(29)36-40-35(41-37(42-36)34-30-16-5-2-10-25(30)21-22-38-34)28-14-7-13-27(23-28)33-20-19-26-11-3-6-18-32(26)39-33/h1-23H. The fraction of sp³-hybridized carbons (Fsp3) is 0. The van der Waals surface area contributed by atoms with Gasteiger partial charge in [-0.2, -0.15) is 0 Å². The van der Waals surface area contributed by atoms with E-state index in [1.54, 1.807) is 0 Å². The van der Waals surface area contributed by atoms with Gasteiger partial charge < -0.3 is 0 Å². The van der Waals surface area contributed by atoms with Crippen molar-refractivity contribution in [2.45, 2.75) is 0 Å². The zero-order chi connectivity index (χ0) is 27.9. The van der Waals surface area contributed by atoms with Crippen LogP contribution in [-0.4, -0.2) is 24.9 Å². The van der Waals surface area contributed by atoms with Gasteiger partial charge in [0, 0.05) is 33.7 Å². The molecule has 8 rings (SSSR count). The van der Waals surface area contributed by atoms with Crippen LogP contribution in [0, 0.1) is 0 Å². The topological polar surface area (TPSA) is 64.5 Å². The highest BCUT2D eigenvalue weighted by Crippen LogP contribution is 2.32. The van der Waals surface area contributed by atoms with Crippen molar-refractivity contribution in [3.05, 3.63) is 140 Å². The van der Waals surface area contributed by atoms with Crippen molar-refractivity contribution in [2.24, 2.45) is 0 Å². The van der Waals surface area contributed by atoms with E-state index in [0.717, 1.165) is 60.5 Å². The van der Waals surface area contributed by atoms with E-state index in [2.05, 4.69) is 66.7 Å². The highest BCUT2D eigenvalue weighted by Gasteiger charge is 2.17. The fourth-order valence-electron chi connectivity index (χ4n) is 5.49. The first-order valence-electron chi connectivity index (χ1n) is 13.9. The summed E-state index contributed by atoms with van der Waals surface area (Å²) in [6.45, 7) is 0. The van der Waals surface area contributed by atoms with E-state index < -0.39 is 0 Å². The van der Waals surface area contributed by atoms with Gasteiger partial charge in [-0.15, -0.1) is 0 Å². The molecule has 5 aromatic carbocycles. The van der Waals surface area contributed by atoms with Crippen LogP contribution in [0.25, 0.3) is 78.0 Å². The molecule has 0 atom stereocenters. The normalized spacial score (nSPS) is 11.3. The molecular formula is C37H23N5. The number of fused-ring (bicyclic) bond motifs is 3. The summed E-state index contributed by atoms with van der Waals surface area (Å²) in [5, 5.41) is 5.41. The van der Waals surface area contributed by atoms with Gasteiger partial charge in [0.1, 0.15) is 5.69 Å². The Bertz CT molecular complexity index is 2170. The van der Waals surface area contributed by atoms with E-state index >= 15 is 0 Å². The van der Waals surface area contributed by atoms with E-state index in [-0.39, 0.29) is 0 Å². The van der Waals surface area contributed by atoms with Crippen LogP contribution >= 0.6 is 0 Å². The smallest absolute Gasteiger partial charge is 0.183 e. The van der Waals surface area contributed by atoms with Crippen molar-refractivity contribution in [2.75, 3.05) is 0 Å². The second-order valence-corrected chi connectivity index (χ2v) is 10.2. The number of benzene rings is 5. The summed E-state index contributed by atoms with van der Waals surface area (Å²) in [5.41, 5.74) is 5.41. The number of rotatable bonds is 4. The molecule has 5 heteroatoms. The molecule has 0 spiro atoms.